The van der Waals surface area contributed by atoms with Crippen LogP contribution in [0.3, 0.4) is 0 Å². The molecule has 0 fully saturated rings. The van der Waals surface area contributed by atoms with E-state index in [0.29, 0.717) is 5.75 Å². The molecule has 0 radical (unpaired) electrons. The summed E-state index contributed by atoms with van der Waals surface area (Å²) >= 11 is 1.57. The van der Waals surface area contributed by atoms with Gasteiger partial charge in [-0.15, -0.1) is 11.8 Å². The Morgan fingerprint density at radius 2 is 1.89 bits per heavy atom. The fourth-order valence-corrected chi connectivity index (χ4v) is 2.53. The lowest BCUT2D eigenvalue weighted by Crippen LogP contribution is -2.31. The van der Waals surface area contributed by atoms with E-state index in [1.165, 1.54) is 10.8 Å². The molecule has 0 heterocycles. The van der Waals surface area contributed by atoms with Gasteiger partial charge in [-0.1, -0.05) is 30.3 Å². The number of carbonyl (C=O) groups excluding carboxylic acids is 1. The Morgan fingerprint density at radius 3 is 2.61 bits per heavy atom. The molecule has 0 bridgehead atoms. The number of benzene rings is 2. The normalized spacial score (nSPS) is 10.8. The van der Waals surface area contributed by atoms with Crippen molar-refractivity contribution in [2.24, 2.45) is 0 Å². The minimum absolute atomic E-state index is 0.0863. The van der Waals surface area contributed by atoms with Crippen molar-refractivity contribution < 1.29 is 4.79 Å². The van der Waals surface area contributed by atoms with Crippen LogP contribution in [0.5, 0.6) is 0 Å². The standard InChI is InChI=1S/C15H17NOS/c1-11(2)16-15(17)10-18-14-8-7-12-5-3-4-6-13(12)9-14/h3-9,11H,10H2,1-2H3,(H,16,17). The van der Waals surface area contributed by atoms with Crippen LogP contribution < -0.4 is 5.32 Å². The third-order valence-electron chi connectivity index (χ3n) is 2.54. The molecule has 0 saturated carbocycles. The zero-order valence-electron chi connectivity index (χ0n) is 10.6. The summed E-state index contributed by atoms with van der Waals surface area (Å²) in [5.41, 5.74) is 0. The first-order valence-corrected chi connectivity index (χ1v) is 7.04. The summed E-state index contributed by atoms with van der Waals surface area (Å²) in [5, 5.41) is 5.34. The number of fused-ring (bicyclic) bond motifs is 1. The fourth-order valence-electron chi connectivity index (χ4n) is 1.77. The number of hydrogen-bond donors (Lipinski definition) is 1. The molecule has 3 heteroatoms. The summed E-state index contributed by atoms with van der Waals surface area (Å²) in [6, 6.07) is 14.7. The van der Waals surface area contributed by atoms with Gasteiger partial charge in [0.1, 0.15) is 0 Å². The predicted octanol–water partition coefficient (Wildman–Crippen LogP) is 3.46. The van der Waals surface area contributed by atoms with Crippen LogP contribution in [0.1, 0.15) is 13.8 Å². The third-order valence-corrected chi connectivity index (χ3v) is 3.53. The Kier molecular flexibility index (Phi) is 4.26. The van der Waals surface area contributed by atoms with Crippen molar-refractivity contribution in [3.05, 3.63) is 42.5 Å². The van der Waals surface area contributed by atoms with Crippen molar-refractivity contribution in [2.45, 2.75) is 24.8 Å². The van der Waals surface area contributed by atoms with Gasteiger partial charge in [0.2, 0.25) is 5.91 Å². The lowest BCUT2D eigenvalue weighted by molar-refractivity contribution is -0.119. The molecule has 1 N–H and O–H groups in total. The van der Waals surface area contributed by atoms with Gasteiger partial charge in [-0.3, -0.25) is 4.79 Å². The minimum atomic E-state index is 0.0863. The van der Waals surface area contributed by atoms with Crippen molar-refractivity contribution in [1.29, 1.82) is 0 Å². The summed E-state index contributed by atoms with van der Waals surface area (Å²) in [6.07, 6.45) is 0. The van der Waals surface area contributed by atoms with Gasteiger partial charge in [-0.25, -0.2) is 0 Å². The van der Waals surface area contributed by atoms with E-state index in [2.05, 4.69) is 35.6 Å². The average Bonchev–Trinajstić information content (AvgIpc) is 2.35. The van der Waals surface area contributed by atoms with Gasteiger partial charge < -0.3 is 5.32 Å². The first-order chi connectivity index (χ1) is 8.65. The van der Waals surface area contributed by atoms with Crippen LogP contribution in [0, 0.1) is 0 Å². The van der Waals surface area contributed by atoms with Crippen molar-refractivity contribution in [3.63, 3.8) is 0 Å². The monoisotopic (exact) mass is 259 g/mol. The number of amides is 1. The van der Waals surface area contributed by atoms with E-state index >= 15 is 0 Å². The number of hydrogen-bond acceptors (Lipinski definition) is 2. The quantitative estimate of drug-likeness (QED) is 0.852. The maximum atomic E-state index is 11.6. The van der Waals surface area contributed by atoms with Crippen molar-refractivity contribution in [2.75, 3.05) is 5.75 Å². The van der Waals surface area contributed by atoms with Crippen molar-refractivity contribution in [1.82, 2.24) is 5.32 Å². The Balaban J connectivity index is 2.01. The summed E-state index contributed by atoms with van der Waals surface area (Å²) in [6.45, 7) is 3.94. The predicted molar refractivity (Wildman–Crippen MR) is 78.0 cm³/mol. The second-order valence-corrected chi connectivity index (χ2v) is 5.57. The first kappa shape index (κ1) is 13.0. The SMILES string of the molecule is CC(C)NC(=O)CSc1ccc2ccccc2c1. The molecular formula is C15H17NOS. The number of carbonyl (C=O) groups is 1. The minimum Gasteiger partial charge on any atom is -0.353 e. The molecular weight excluding hydrogens is 242 g/mol. The number of nitrogens with one attached hydrogen (secondary N) is 1. The molecule has 0 atom stereocenters. The highest BCUT2D eigenvalue weighted by Crippen LogP contribution is 2.23. The van der Waals surface area contributed by atoms with E-state index in [-0.39, 0.29) is 11.9 Å². The van der Waals surface area contributed by atoms with Gasteiger partial charge in [-0.05, 0) is 36.8 Å². The van der Waals surface area contributed by atoms with E-state index in [9.17, 15) is 4.79 Å². The lowest BCUT2D eigenvalue weighted by Gasteiger charge is -2.08. The Hall–Kier alpha value is -1.48. The van der Waals surface area contributed by atoms with Crippen LogP contribution in [0.2, 0.25) is 0 Å². The molecule has 0 saturated heterocycles. The molecule has 2 nitrogen and oxygen atoms in total. The Bertz CT molecular complexity index is 551. The van der Waals surface area contributed by atoms with Crippen molar-refractivity contribution >= 4 is 28.4 Å². The van der Waals surface area contributed by atoms with Gasteiger partial charge in [0, 0.05) is 10.9 Å². The van der Waals surface area contributed by atoms with Crippen LogP contribution in [0.15, 0.2) is 47.4 Å². The largest absolute Gasteiger partial charge is 0.353 e. The fraction of sp³-hybridized carbons (Fsp3) is 0.267. The van der Waals surface area contributed by atoms with Crippen LogP contribution >= 0.6 is 11.8 Å². The zero-order valence-corrected chi connectivity index (χ0v) is 11.5. The summed E-state index contributed by atoms with van der Waals surface area (Å²) in [4.78, 5) is 12.7. The molecule has 1 amide bonds. The maximum absolute atomic E-state index is 11.6. The van der Waals surface area contributed by atoms with Crippen LogP contribution in [-0.4, -0.2) is 17.7 Å². The summed E-state index contributed by atoms with van der Waals surface area (Å²) in [7, 11) is 0. The molecule has 0 aliphatic carbocycles. The van der Waals surface area contributed by atoms with Gasteiger partial charge >= 0.3 is 0 Å². The second-order valence-electron chi connectivity index (χ2n) is 4.52. The maximum Gasteiger partial charge on any atom is 0.230 e. The van der Waals surface area contributed by atoms with Gasteiger partial charge in [0.05, 0.1) is 5.75 Å². The smallest absolute Gasteiger partial charge is 0.230 e. The number of rotatable bonds is 4. The van der Waals surface area contributed by atoms with Crippen LogP contribution in [0.4, 0.5) is 0 Å². The summed E-state index contributed by atoms with van der Waals surface area (Å²) in [5.74, 6) is 0.555. The lowest BCUT2D eigenvalue weighted by atomic mass is 10.1. The van der Waals surface area contributed by atoms with Crippen molar-refractivity contribution in [3.8, 4) is 0 Å². The Labute approximate surface area is 112 Å². The molecule has 18 heavy (non-hydrogen) atoms. The molecule has 2 aromatic carbocycles. The highest BCUT2D eigenvalue weighted by molar-refractivity contribution is 8.00. The molecule has 0 aliphatic rings. The third kappa shape index (κ3) is 3.50. The highest BCUT2D eigenvalue weighted by Gasteiger charge is 2.04. The molecule has 2 rings (SSSR count). The van der Waals surface area contributed by atoms with Gasteiger partial charge in [0.25, 0.3) is 0 Å². The highest BCUT2D eigenvalue weighted by atomic mass is 32.2. The average molecular weight is 259 g/mol. The molecule has 0 spiro atoms. The number of thioether (sulfide) groups is 1. The van der Waals surface area contributed by atoms with Gasteiger partial charge in [0.15, 0.2) is 0 Å². The first-order valence-electron chi connectivity index (χ1n) is 6.06. The van der Waals surface area contributed by atoms with Crippen LogP contribution in [-0.2, 0) is 4.79 Å². The van der Waals surface area contributed by atoms with E-state index in [1.807, 2.05) is 26.0 Å². The zero-order chi connectivity index (χ0) is 13.0. The Morgan fingerprint density at radius 1 is 1.17 bits per heavy atom. The topological polar surface area (TPSA) is 29.1 Å². The van der Waals surface area contributed by atoms with E-state index in [1.54, 1.807) is 11.8 Å². The molecule has 0 aromatic heterocycles. The summed E-state index contributed by atoms with van der Waals surface area (Å²) < 4.78 is 0. The molecule has 2 aromatic rings. The second kappa shape index (κ2) is 5.91. The molecule has 94 valence electrons. The van der Waals surface area contributed by atoms with E-state index < -0.39 is 0 Å². The van der Waals surface area contributed by atoms with E-state index in [0.717, 1.165) is 4.90 Å². The molecule has 0 unspecified atom stereocenters. The van der Waals surface area contributed by atoms with Gasteiger partial charge in [-0.2, -0.15) is 0 Å². The molecule has 0 aliphatic heterocycles. The van der Waals surface area contributed by atoms with Crippen LogP contribution in [0.25, 0.3) is 10.8 Å². The van der Waals surface area contributed by atoms with E-state index in [4.69, 9.17) is 0 Å².